The summed E-state index contributed by atoms with van der Waals surface area (Å²) in [5, 5.41) is 5.03. The van der Waals surface area contributed by atoms with Crippen LogP contribution in [-0.2, 0) is 14.4 Å². The fourth-order valence-electron chi connectivity index (χ4n) is 2.11. The van der Waals surface area contributed by atoms with E-state index in [0.29, 0.717) is 13.1 Å². The molecule has 0 aromatic heterocycles. The predicted molar refractivity (Wildman–Crippen MR) is 50.6 cm³/mol. The number of nitrogens with one attached hydrogen (secondary N) is 2. The van der Waals surface area contributed by atoms with Gasteiger partial charge in [-0.1, -0.05) is 0 Å². The van der Waals surface area contributed by atoms with Crippen LogP contribution >= 0.6 is 0 Å². The van der Waals surface area contributed by atoms with Gasteiger partial charge >= 0.3 is 0 Å². The average Bonchev–Trinajstić information content (AvgIpc) is 2.70. The number of carbonyl (C=O) groups excluding carboxylic acids is 3. The molecule has 2 atom stereocenters. The molecule has 6 heteroatoms. The lowest BCUT2D eigenvalue weighted by molar-refractivity contribution is -0.130. The highest BCUT2D eigenvalue weighted by Crippen LogP contribution is 2.27. The molecule has 0 saturated carbocycles. The number of imide groups is 1. The van der Waals surface area contributed by atoms with Crippen LogP contribution in [0.4, 0.5) is 0 Å². The zero-order chi connectivity index (χ0) is 11.0. The molecule has 2 aliphatic heterocycles. The van der Waals surface area contributed by atoms with Crippen molar-refractivity contribution in [3.63, 3.8) is 0 Å². The van der Waals surface area contributed by atoms with Gasteiger partial charge in [-0.05, 0) is 7.05 Å². The lowest BCUT2D eigenvalue weighted by Crippen LogP contribution is -2.39. The zero-order valence-electron chi connectivity index (χ0n) is 8.45. The second kappa shape index (κ2) is 3.62. The minimum absolute atomic E-state index is 0.0625. The summed E-state index contributed by atoms with van der Waals surface area (Å²) < 4.78 is 0. The summed E-state index contributed by atoms with van der Waals surface area (Å²) in [7, 11) is 1.69. The standard InChI is InChI=1S/C9H13N3O3/c1-10-2-7(13)12-3-5-6(4-12)9(15)11-8(5)14/h5-6,10H,2-4H2,1H3,(H,11,14,15). The van der Waals surface area contributed by atoms with Crippen molar-refractivity contribution in [2.75, 3.05) is 26.7 Å². The van der Waals surface area contributed by atoms with E-state index < -0.39 is 0 Å². The van der Waals surface area contributed by atoms with Gasteiger partial charge in [-0.15, -0.1) is 0 Å². The van der Waals surface area contributed by atoms with Crippen LogP contribution in [0.3, 0.4) is 0 Å². The second-order valence-corrected chi connectivity index (χ2v) is 3.90. The SMILES string of the molecule is CNCC(=O)N1CC2C(=O)NC(=O)C2C1. The van der Waals surface area contributed by atoms with E-state index in [1.54, 1.807) is 11.9 Å². The molecule has 6 nitrogen and oxygen atoms in total. The summed E-state index contributed by atoms with van der Waals surface area (Å²) >= 11 is 0. The first kappa shape index (κ1) is 10.1. The molecular weight excluding hydrogens is 198 g/mol. The number of rotatable bonds is 2. The summed E-state index contributed by atoms with van der Waals surface area (Å²) in [6.07, 6.45) is 0. The van der Waals surface area contributed by atoms with Crippen LogP contribution in [0.1, 0.15) is 0 Å². The Bertz CT molecular complexity index is 307. The topological polar surface area (TPSA) is 78.5 Å². The van der Waals surface area contributed by atoms with Crippen molar-refractivity contribution >= 4 is 17.7 Å². The van der Waals surface area contributed by atoms with Crippen LogP contribution in [0.5, 0.6) is 0 Å². The predicted octanol–water partition coefficient (Wildman–Crippen LogP) is -2.06. The lowest BCUT2D eigenvalue weighted by Gasteiger charge is -2.16. The fraction of sp³-hybridized carbons (Fsp3) is 0.667. The Kier molecular flexibility index (Phi) is 2.44. The van der Waals surface area contributed by atoms with Crippen molar-refractivity contribution in [3.05, 3.63) is 0 Å². The molecule has 2 rings (SSSR count). The minimum Gasteiger partial charge on any atom is -0.340 e. The van der Waals surface area contributed by atoms with E-state index in [0.717, 1.165) is 0 Å². The quantitative estimate of drug-likeness (QED) is 0.515. The number of carbonyl (C=O) groups is 3. The Morgan fingerprint density at radius 2 is 1.93 bits per heavy atom. The number of fused-ring (bicyclic) bond motifs is 1. The van der Waals surface area contributed by atoms with Gasteiger partial charge in [0, 0.05) is 13.1 Å². The van der Waals surface area contributed by atoms with Crippen molar-refractivity contribution < 1.29 is 14.4 Å². The van der Waals surface area contributed by atoms with E-state index in [-0.39, 0.29) is 36.1 Å². The van der Waals surface area contributed by atoms with Crippen LogP contribution in [0, 0.1) is 11.8 Å². The molecule has 0 radical (unpaired) electrons. The van der Waals surface area contributed by atoms with Gasteiger partial charge in [0.2, 0.25) is 17.7 Å². The Balaban J connectivity index is 2.03. The number of likely N-dealkylation sites (tertiary alicyclic amines) is 1. The van der Waals surface area contributed by atoms with E-state index in [2.05, 4.69) is 10.6 Å². The fourth-order valence-corrected chi connectivity index (χ4v) is 2.11. The first-order valence-corrected chi connectivity index (χ1v) is 4.90. The number of nitrogens with zero attached hydrogens (tertiary/aromatic N) is 1. The van der Waals surface area contributed by atoms with Crippen molar-refractivity contribution in [1.82, 2.24) is 15.5 Å². The van der Waals surface area contributed by atoms with Gasteiger partial charge in [-0.2, -0.15) is 0 Å². The summed E-state index contributed by atoms with van der Waals surface area (Å²) in [4.78, 5) is 35.7. The Labute approximate surface area is 87.0 Å². The average molecular weight is 211 g/mol. The highest BCUT2D eigenvalue weighted by molar-refractivity contribution is 6.06. The highest BCUT2D eigenvalue weighted by atomic mass is 16.2. The molecule has 2 N–H and O–H groups in total. The van der Waals surface area contributed by atoms with Crippen molar-refractivity contribution in [2.45, 2.75) is 0 Å². The van der Waals surface area contributed by atoms with Crippen LogP contribution in [0.25, 0.3) is 0 Å². The van der Waals surface area contributed by atoms with Crippen LogP contribution in [0.15, 0.2) is 0 Å². The molecule has 0 aromatic rings. The molecule has 15 heavy (non-hydrogen) atoms. The zero-order valence-corrected chi connectivity index (χ0v) is 8.45. The summed E-state index contributed by atoms with van der Waals surface area (Å²) in [5.41, 5.74) is 0. The second-order valence-electron chi connectivity index (χ2n) is 3.90. The van der Waals surface area contributed by atoms with Gasteiger partial charge in [-0.25, -0.2) is 0 Å². The first-order valence-electron chi connectivity index (χ1n) is 4.90. The van der Waals surface area contributed by atoms with E-state index in [9.17, 15) is 14.4 Å². The maximum absolute atomic E-state index is 11.5. The van der Waals surface area contributed by atoms with Gasteiger partial charge < -0.3 is 10.2 Å². The highest BCUT2D eigenvalue weighted by Gasteiger charge is 2.48. The van der Waals surface area contributed by atoms with E-state index in [1.807, 2.05) is 0 Å². The van der Waals surface area contributed by atoms with Crippen molar-refractivity contribution in [1.29, 1.82) is 0 Å². The third-order valence-electron chi connectivity index (χ3n) is 2.92. The molecule has 2 heterocycles. The molecular formula is C9H13N3O3. The summed E-state index contributed by atoms with van der Waals surface area (Å²) in [6, 6.07) is 0. The number of amides is 3. The van der Waals surface area contributed by atoms with Crippen LogP contribution < -0.4 is 10.6 Å². The Hall–Kier alpha value is -1.43. The van der Waals surface area contributed by atoms with Crippen molar-refractivity contribution in [3.8, 4) is 0 Å². The molecule has 0 bridgehead atoms. The normalized spacial score (nSPS) is 29.3. The Morgan fingerprint density at radius 1 is 1.40 bits per heavy atom. The molecule has 2 unspecified atom stereocenters. The summed E-state index contributed by atoms with van der Waals surface area (Å²) in [6.45, 7) is 0.973. The maximum Gasteiger partial charge on any atom is 0.236 e. The number of hydrogen-bond donors (Lipinski definition) is 2. The molecule has 0 aliphatic carbocycles. The third kappa shape index (κ3) is 1.61. The minimum atomic E-state index is -0.335. The molecule has 82 valence electrons. The van der Waals surface area contributed by atoms with Gasteiger partial charge in [-0.3, -0.25) is 19.7 Å². The van der Waals surface area contributed by atoms with Crippen LogP contribution in [0.2, 0.25) is 0 Å². The van der Waals surface area contributed by atoms with Gasteiger partial charge in [0.05, 0.1) is 18.4 Å². The smallest absolute Gasteiger partial charge is 0.236 e. The first-order chi connectivity index (χ1) is 7.13. The van der Waals surface area contributed by atoms with Gasteiger partial charge in [0.15, 0.2) is 0 Å². The van der Waals surface area contributed by atoms with Crippen molar-refractivity contribution in [2.24, 2.45) is 11.8 Å². The Morgan fingerprint density at radius 3 is 2.40 bits per heavy atom. The van der Waals surface area contributed by atoms with E-state index >= 15 is 0 Å². The van der Waals surface area contributed by atoms with Gasteiger partial charge in [0.25, 0.3) is 0 Å². The molecule has 2 fully saturated rings. The third-order valence-corrected chi connectivity index (χ3v) is 2.92. The lowest BCUT2D eigenvalue weighted by atomic mass is 10.00. The van der Waals surface area contributed by atoms with Gasteiger partial charge in [0.1, 0.15) is 0 Å². The number of likely N-dealkylation sites (N-methyl/N-ethyl adjacent to an activating group) is 1. The molecule has 2 saturated heterocycles. The molecule has 0 aromatic carbocycles. The largest absolute Gasteiger partial charge is 0.340 e. The monoisotopic (exact) mass is 211 g/mol. The molecule has 2 aliphatic rings. The van der Waals surface area contributed by atoms with E-state index in [1.165, 1.54) is 0 Å². The maximum atomic E-state index is 11.5. The molecule has 0 spiro atoms. The summed E-state index contributed by atoms with van der Waals surface area (Å²) in [5.74, 6) is -1.22. The van der Waals surface area contributed by atoms with Crippen LogP contribution in [-0.4, -0.2) is 49.3 Å². The molecule has 3 amide bonds. The number of hydrogen-bond acceptors (Lipinski definition) is 4. The van der Waals surface area contributed by atoms with E-state index in [4.69, 9.17) is 0 Å².